The quantitative estimate of drug-likeness (QED) is 0.300. The maximum Gasteiger partial charge on any atom is 0.418 e. The number of fused-ring (bicyclic) bond motifs is 1. The first kappa shape index (κ1) is 24.3. The molecule has 2 aromatic carbocycles. The predicted molar refractivity (Wildman–Crippen MR) is 135 cm³/mol. The molecule has 1 fully saturated rings. The topological polar surface area (TPSA) is 50.4 Å². The number of nitrogens with zero attached hydrogens (tertiary/aromatic N) is 2. The van der Waals surface area contributed by atoms with E-state index in [0.29, 0.717) is 41.7 Å². The van der Waals surface area contributed by atoms with Gasteiger partial charge >= 0.3 is 6.18 Å². The van der Waals surface area contributed by atoms with Gasteiger partial charge in [0.05, 0.1) is 17.3 Å². The van der Waals surface area contributed by atoms with Gasteiger partial charge in [0.15, 0.2) is 5.58 Å². The van der Waals surface area contributed by atoms with E-state index in [0.717, 1.165) is 24.5 Å². The van der Waals surface area contributed by atoms with E-state index in [1.165, 1.54) is 18.4 Å². The number of alkyl halides is 3. The number of benzene rings is 2. The van der Waals surface area contributed by atoms with Crippen molar-refractivity contribution in [3.63, 3.8) is 0 Å². The second kappa shape index (κ2) is 9.58. The lowest BCUT2D eigenvalue weighted by molar-refractivity contribution is -0.137. The molecule has 5 rings (SSSR count). The van der Waals surface area contributed by atoms with Gasteiger partial charge in [-0.15, -0.1) is 0 Å². The summed E-state index contributed by atoms with van der Waals surface area (Å²) in [4.78, 5) is 15.0. The van der Waals surface area contributed by atoms with Crippen LogP contribution in [-0.2, 0) is 12.7 Å². The Morgan fingerprint density at radius 3 is 2.50 bits per heavy atom. The lowest BCUT2D eigenvalue weighted by Crippen LogP contribution is -2.34. The van der Waals surface area contributed by atoms with Gasteiger partial charge in [0.2, 0.25) is 0 Å². The molecule has 0 saturated carbocycles. The number of anilines is 2. The summed E-state index contributed by atoms with van der Waals surface area (Å²) in [5, 5.41) is 3.25. The van der Waals surface area contributed by atoms with Crippen molar-refractivity contribution in [1.82, 2.24) is 4.57 Å². The highest BCUT2D eigenvalue weighted by Crippen LogP contribution is 2.39. The number of hydrogen-bond donors (Lipinski definition) is 1. The van der Waals surface area contributed by atoms with Crippen LogP contribution in [0.5, 0.6) is 0 Å². The van der Waals surface area contributed by atoms with E-state index in [4.69, 9.17) is 16.0 Å². The second-order valence-corrected chi connectivity index (χ2v) is 9.70. The number of carbonyl (C=O) groups excluding carboxylic acids is 1. The molecule has 188 valence electrons. The van der Waals surface area contributed by atoms with E-state index < -0.39 is 17.6 Å². The maximum atomic E-state index is 14.0. The number of amides is 1. The first-order chi connectivity index (χ1) is 17.2. The normalized spacial score (nSPS) is 15.0. The van der Waals surface area contributed by atoms with Gasteiger partial charge in [0, 0.05) is 48.2 Å². The summed E-state index contributed by atoms with van der Waals surface area (Å²) in [5.41, 5.74) is 1.89. The molecule has 3 heterocycles. The average molecular weight is 516 g/mol. The van der Waals surface area contributed by atoms with E-state index in [1.807, 2.05) is 12.1 Å². The van der Waals surface area contributed by atoms with Gasteiger partial charge in [-0.05, 0) is 54.7 Å². The predicted octanol–water partition coefficient (Wildman–Crippen LogP) is 7.44. The monoisotopic (exact) mass is 515 g/mol. The SMILES string of the molecule is CC1CCN(c2ccc(NC(=O)c3cc4occc4n3Cc3ccc(Cl)cc3)cc2C(F)(F)F)CC1. The summed E-state index contributed by atoms with van der Waals surface area (Å²) in [6, 6.07) is 14.6. The van der Waals surface area contributed by atoms with Crippen molar-refractivity contribution < 1.29 is 22.4 Å². The van der Waals surface area contributed by atoms with Crippen LogP contribution in [0.1, 0.15) is 41.4 Å². The number of furan rings is 1. The van der Waals surface area contributed by atoms with E-state index in [9.17, 15) is 18.0 Å². The molecule has 5 nitrogen and oxygen atoms in total. The van der Waals surface area contributed by atoms with Crippen molar-refractivity contribution in [1.29, 1.82) is 0 Å². The van der Waals surface area contributed by atoms with Gasteiger partial charge in [-0.2, -0.15) is 13.2 Å². The zero-order valence-electron chi connectivity index (χ0n) is 19.6. The zero-order chi connectivity index (χ0) is 25.4. The summed E-state index contributed by atoms with van der Waals surface area (Å²) in [7, 11) is 0. The fourth-order valence-electron chi connectivity index (χ4n) is 4.67. The van der Waals surface area contributed by atoms with Crippen LogP contribution in [0.4, 0.5) is 24.5 Å². The first-order valence-electron chi connectivity index (χ1n) is 11.8. The Balaban J connectivity index is 1.44. The van der Waals surface area contributed by atoms with Crippen LogP contribution in [0, 0.1) is 5.92 Å². The zero-order valence-corrected chi connectivity index (χ0v) is 20.4. The Bertz CT molecular complexity index is 1380. The molecule has 0 aliphatic carbocycles. The summed E-state index contributed by atoms with van der Waals surface area (Å²) in [5.74, 6) is -0.0262. The molecular formula is C27H25ClF3N3O2. The minimum atomic E-state index is -4.55. The van der Waals surface area contributed by atoms with Crippen LogP contribution in [0.15, 0.2) is 65.3 Å². The van der Waals surface area contributed by atoms with E-state index in [1.54, 1.807) is 33.7 Å². The average Bonchev–Trinajstić information content (AvgIpc) is 3.43. The lowest BCUT2D eigenvalue weighted by atomic mass is 9.98. The third kappa shape index (κ3) is 4.95. The van der Waals surface area contributed by atoms with Crippen LogP contribution >= 0.6 is 11.6 Å². The van der Waals surface area contributed by atoms with Crippen LogP contribution in [0.25, 0.3) is 11.1 Å². The largest absolute Gasteiger partial charge is 0.463 e. The van der Waals surface area contributed by atoms with Gasteiger partial charge in [-0.25, -0.2) is 0 Å². The molecule has 1 aliphatic heterocycles. The van der Waals surface area contributed by atoms with Crippen LogP contribution in [0.2, 0.25) is 5.02 Å². The Morgan fingerprint density at radius 1 is 1.08 bits per heavy atom. The molecule has 9 heteroatoms. The van der Waals surface area contributed by atoms with E-state index in [-0.39, 0.29) is 17.1 Å². The highest BCUT2D eigenvalue weighted by atomic mass is 35.5. The third-order valence-corrected chi connectivity index (χ3v) is 6.95. The Hall–Kier alpha value is -3.39. The number of rotatable bonds is 5. The highest BCUT2D eigenvalue weighted by molar-refractivity contribution is 6.30. The summed E-state index contributed by atoms with van der Waals surface area (Å²) >= 11 is 5.99. The van der Waals surface area contributed by atoms with E-state index >= 15 is 0 Å². The first-order valence-corrected chi connectivity index (χ1v) is 12.2. The fourth-order valence-corrected chi connectivity index (χ4v) is 4.80. The fraction of sp³-hybridized carbons (Fsp3) is 0.296. The highest BCUT2D eigenvalue weighted by Gasteiger charge is 2.36. The molecule has 1 aliphatic rings. The third-order valence-electron chi connectivity index (χ3n) is 6.69. The molecule has 1 N–H and O–H groups in total. The Morgan fingerprint density at radius 2 is 1.81 bits per heavy atom. The minimum Gasteiger partial charge on any atom is -0.463 e. The molecule has 0 atom stereocenters. The van der Waals surface area contributed by atoms with E-state index in [2.05, 4.69) is 12.2 Å². The van der Waals surface area contributed by atoms with Crippen molar-refractivity contribution >= 4 is 40.0 Å². The number of aromatic nitrogens is 1. The standard InChI is InChI=1S/C27H25ClF3N3O2/c1-17-8-11-33(12-9-17)22-7-6-20(14-21(22)27(29,30)31)32-26(35)24-15-25-23(10-13-36-25)34(24)16-18-2-4-19(28)5-3-18/h2-7,10,13-15,17H,8-9,11-12,16H2,1H3,(H,32,35). The number of halogens is 4. The maximum absolute atomic E-state index is 14.0. The molecule has 0 spiro atoms. The molecule has 0 unspecified atom stereocenters. The van der Waals surface area contributed by atoms with Crippen molar-refractivity contribution in [3.8, 4) is 0 Å². The number of hydrogen-bond acceptors (Lipinski definition) is 3. The van der Waals surface area contributed by atoms with Gasteiger partial charge < -0.3 is 19.2 Å². The summed E-state index contributed by atoms with van der Waals surface area (Å²) in [6.07, 6.45) is -1.32. The molecule has 0 radical (unpaired) electrons. The van der Waals surface area contributed by atoms with Gasteiger partial charge in [-0.1, -0.05) is 30.7 Å². The number of nitrogens with one attached hydrogen (secondary N) is 1. The van der Waals surface area contributed by atoms with Crippen LogP contribution in [0.3, 0.4) is 0 Å². The van der Waals surface area contributed by atoms with Crippen molar-refractivity contribution in [2.75, 3.05) is 23.3 Å². The molecule has 1 saturated heterocycles. The summed E-state index contributed by atoms with van der Waals surface area (Å²) < 4.78 is 49.2. The van der Waals surface area contributed by atoms with Crippen LogP contribution < -0.4 is 10.2 Å². The molecule has 2 aromatic heterocycles. The number of piperidine rings is 1. The molecule has 0 bridgehead atoms. The lowest BCUT2D eigenvalue weighted by Gasteiger charge is -2.34. The molecular weight excluding hydrogens is 491 g/mol. The van der Waals surface area contributed by atoms with Gasteiger partial charge in [-0.3, -0.25) is 4.79 Å². The molecule has 1 amide bonds. The smallest absolute Gasteiger partial charge is 0.418 e. The van der Waals surface area contributed by atoms with Gasteiger partial charge in [0.25, 0.3) is 5.91 Å². The van der Waals surface area contributed by atoms with Crippen molar-refractivity contribution in [2.45, 2.75) is 32.5 Å². The van der Waals surface area contributed by atoms with Gasteiger partial charge in [0.1, 0.15) is 5.69 Å². The van der Waals surface area contributed by atoms with Crippen molar-refractivity contribution in [3.05, 3.63) is 82.7 Å². The molecule has 36 heavy (non-hydrogen) atoms. The minimum absolute atomic E-state index is 0.0808. The number of carbonyl (C=O) groups is 1. The molecule has 4 aromatic rings. The Kier molecular flexibility index (Phi) is 6.47. The van der Waals surface area contributed by atoms with Crippen LogP contribution in [-0.4, -0.2) is 23.6 Å². The van der Waals surface area contributed by atoms with Crippen molar-refractivity contribution in [2.24, 2.45) is 5.92 Å². The second-order valence-electron chi connectivity index (χ2n) is 9.27. The summed E-state index contributed by atoms with van der Waals surface area (Å²) in [6.45, 7) is 3.63. The Labute approximate surface area is 211 Å².